The molecule has 0 radical (unpaired) electrons. The molecule has 1 N–H and O–H groups in total. The maximum atomic E-state index is 13.4. The van der Waals surface area contributed by atoms with Crippen LogP contribution in [0, 0.1) is 5.82 Å². The van der Waals surface area contributed by atoms with E-state index in [-0.39, 0.29) is 18.1 Å². The quantitative estimate of drug-likeness (QED) is 0.836. The third kappa shape index (κ3) is 3.23. The molecule has 0 aliphatic heterocycles. The fraction of sp³-hybridized carbons (Fsp3) is 0.400. The molecule has 1 aromatic rings. The van der Waals surface area contributed by atoms with Crippen molar-refractivity contribution in [1.29, 1.82) is 0 Å². The smallest absolute Gasteiger partial charge is 0.140 e. The van der Waals surface area contributed by atoms with Gasteiger partial charge in [-0.3, -0.25) is 0 Å². The second-order valence-electron chi connectivity index (χ2n) is 3.09. The van der Waals surface area contributed by atoms with Crippen LogP contribution in [0.25, 0.3) is 0 Å². The molecule has 1 rings (SSSR count). The molecule has 1 atom stereocenters. The lowest BCUT2D eigenvalue weighted by atomic mass is 10.1. The van der Waals surface area contributed by atoms with Crippen molar-refractivity contribution in [3.63, 3.8) is 0 Å². The van der Waals surface area contributed by atoms with Crippen molar-refractivity contribution in [2.75, 3.05) is 13.0 Å². The number of halogens is 3. The van der Waals surface area contributed by atoms with Crippen LogP contribution in [-0.4, -0.2) is 24.2 Å². The monoisotopic (exact) mass is 252 g/mol. The Morgan fingerprint density at radius 1 is 1.53 bits per heavy atom. The van der Waals surface area contributed by atoms with Crippen LogP contribution in [0.3, 0.4) is 0 Å². The molecule has 1 aromatic carbocycles. The number of aliphatic hydroxyl groups is 1. The Balaban J connectivity index is 2.95. The van der Waals surface area contributed by atoms with E-state index in [1.54, 1.807) is 0 Å². The van der Waals surface area contributed by atoms with Gasteiger partial charge in [-0.1, -0.05) is 11.6 Å². The Kier molecular flexibility index (Phi) is 4.64. The van der Waals surface area contributed by atoms with E-state index in [1.807, 2.05) is 0 Å². The number of hydrogen-bond donors (Lipinski definition) is 1. The van der Waals surface area contributed by atoms with Gasteiger partial charge in [0, 0.05) is 18.4 Å². The van der Waals surface area contributed by atoms with Crippen LogP contribution < -0.4 is 4.74 Å². The van der Waals surface area contributed by atoms with E-state index in [9.17, 15) is 9.50 Å². The van der Waals surface area contributed by atoms with Crippen molar-refractivity contribution in [3.8, 4) is 5.75 Å². The molecule has 0 saturated heterocycles. The minimum atomic E-state index is -0.773. The van der Waals surface area contributed by atoms with E-state index in [1.165, 1.54) is 19.2 Å². The van der Waals surface area contributed by atoms with Gasteiger partial charge < -0.3 is 9.84 Å². The van der Waals surface area contributed by atoms with E-state index in [0.29, 0.717) is 10.6 Å². The number of methoxy groups -OCH3 is 1. The summed E-state index contributed by atoms with van der Waals surface area (Å²) in [5.74, 6) is -0.123. The first-order valence-corrected chi connectivity index (χ1v) is 5.25. The van der Waals surface area contributed by atoms with Crippen molar-refractivity contribution in [1.82, 2.24) is 0 Å². The van der Waals surface area contributed by atoms with Crippen LogP contribution in [0.1, 0.15) is 5.56 Å². The maximum absolute atomic E-state index is 13.4. The van der Waals surface area contributed by atoms with E-state index >= 15 is 0 Å². The molecule has 5 heteroatoms. The van der Waals surface area contributed by atoms with Crippen molar-refractivity contribution in [3.05, 3.63) is 28.5 Å². The fourth-order valence-corrected chi connectivity index (χ4v) is 1.56. The molecule has 0 bridgehead atoms. The number of rotatable bonds is 4. The second-order valence-corrected chi connectivity index (χ2v) is 3.81. The van der Waals surface area contributed by atoms with Crippen LogP contribution in [0.4, 0.5) is 4.39 Å². The highest BCUT2D eigenvalue weighted by molar-refractivity contribution is 6.32. The zero-order valence-electron chi connectivity index (χ0n) is 8.14. The first-order valence-electron chi connectivity index (χ1n) is 4.34. The van der Waals surface area contributed by atoms with Crippen molar-refractivity contribution < 1.29 is 14.2 Å². The summed E-state index contributed by atoms with van der Waals surface area (Å²) in [6.07, 6.45) is -0.635. The maximum Gasteiger partial charge on any atom is 0.140 e. The summed E-state index contributed by atoms with van der Waals surface area (Å²) in [5.41, 5.74) is 0.328. The Hall–Kier alpha value is -0.510. The Bertz CT molecular complexity index is 344. The zero-order valence-corrected chi connectivity index (χ0v) is 9.65. The average molecular weight is 253 g/mol. The van der Waals surface area contributed by atoms with Crippen LogP contribution in [0.2, 0.25) is 5.02 Å². The highest BCUT2D eigenvalue weighted by Gasteiger charge is 2.12. The van der Waals surface area contributed by atoms with Gasteiger partial charge in [-0.2, -0.15) is 0 Å². The third-order valence-corrected chi connectivity index (χ3v) is 2.61. The lowest BCUT2D eigenvalue weighted by molar-refractivity contribution is 0.197. The van der Waals surface area contributed by atoms with Crippen molar-refractivity contribution in [2.24, 2.45) is 0 Å². The molecule has 0 aromatic heterocycles. The summed E-state index contributed by atoms with van der Waals surface area (Å²) >= 11 is 11.2. The molecule has 0 fully saturated rings. The predicted molar refractivity (Wildman–Crippen MR) is 58.4 cm³/mol. The number of aliphatic hydroxyl groups excluding tert-OH is 1. The van der Waals surface area contributed by atoms with Crippen LogP contribution >= 0.6 is 23.2 Å². The SMILES string of the molecule is COc1cc(F)c(C[C@@H](O)CCl)cc1Cl. The summed E-state index contributed by atoms with van der Waals surface area (Å²) < 4.78 is 18.3. The topological polar surface area (TPSA) is 29.5 Å². The molecule has 0 unspecified atom stereocenters. The Labute approximate surface area is 97.6 Å². The summed E-state index contributed by atoms with van der Waals surface area (Å²) in [7, 11) is 1.41. The molecular formula is C10H11Cl2FO2. The van der Waals surface area contributed by atoms with Gasteiger partial charge in [0.15, 0.2) is 0 Å². The number of ether oxygens (including phenoxy) is 1. The Morgan fingerprint density at radius 2 is 2.20 bits per heavy atom. The van der Waals surface area contributed by atoms with Gasteiger partial charge in [0.25, 0.3) is 0 Å². The average Bonchev–Trinajstić information content (AvgIpc) is 2.22. The second kappa shape index (κ2) is 5.54. The lowest BCUT2D eigenvalue weighted by Crippen LogP contribution is -2.13. The summed E-state index contributed by atoms with van der Waals surface area (Å²) in [5, 5.41) is 9.60. The normalized spacial score (nSPS) is 12.6. The first kappa shape index (κ1) is 12.6. The van der Waals surface area contributed by atoms with Gasteiger partial charge >= 0.3 is 0 Å². The number of alkyl halides is 1. The summed E-state index contributed by atoms with van der Waals surface area (Å²) in [6, 6.07) is 2.63. The standard InChI is InChI=1S/C10H11Cl2FO2/c1-15-10-4-9(13)6(3-8(10)12)2-7(14)5-11/h3-4,7,14H,2,5H2,1H3/t7-/m1/s1. The third-order valence-electron chi connectivity index (χ3n) is 1.95. The molecule has 0 aliphatic rings. The largest absolute Gasteiger partial charge is 0.495 e. The van der Waals surface area contributed by atoms with Crippen LogP contribution in [-0.2, 0) is 6.42 Å². The van der Waals surface area contributed by atoms with Gasteiger partial charge in [-0.15, -0.1) is 11.6 Å². The Morgan fingerprint density at radius 3 is 2.73 bits per heavy atom. The highest BCUT2D eigenvalue weighted by Crippen LogP contribution is 2.27. The molecular weight excluding hydrogens is 242 g/mol. The van der Waals surface area contributed by atoms with Gasteiger partial charge in [-0.25, -0.2) is 4.39 Å². The lowest BCUT2D eigenvalue weighted by Gasteiger charge is -2.10. The van der Waals surface area contributed by atoms with E-state index in [4.69, 9.17) is 27.9 Å². The summed E-state index contributed by atoms with van der Waals surface area (Å²) in [4.78, 5) is 0. The minimum absolute atomic E-state index is 0.0586. The number of hydrogen-bond acceptors (Lipinski definition) is 2. The molecule has 0 aliphatic carbocycles. The highest BCUT2D eigenvalue weighted by atomic mass is 35.5. The van der Waals surface area contributed by atoms with Gasteiger partial charge in [0.2, 0.25) is 0 Å². The van der Waals surface area contributed by atoms with Gasteiger partial charge in [-0.05, 0) is 11.6 Å². The van der Waals surface area contributed by atoms with Crippen molar-refractivity contribution in [2.45, 2.75) is 12.5 Å². The number of benzene rings is 1. The fourth-order valence-electron chi connectivity index (χ4n) is 1.19. The van der Waals surface area contributed by atoms with E-state index < -0.39 is 11.9 Å². The van der Waals surface area contributed by atoms with Gasteiger partial charge in [0.1, 0.15) is 11.6 Å². The molecule has 0 heterocycles. The molecule has 15 heavy (non-hydrogen) atoms. The minimum Gasteiger partial charge on any atom is -0.495 e. The molecule has 0 spiro atoms. The van der Waals surface area contributed by atoms with Crippen LogP contribution in [0.15, 0.2) is 12.1 Å². The van der Waals surface area contributed by atoms with E-state index in [2.05, 4.69) is 0 Å². The van der Waals surface area contributed by atoms with Crippen molar-refractivity contribution >= 4 is 23.2 Å². The van der Waals surface area contributed by atoms with Gasteiger partial charge in [0.05, 0.1) is 18.2 Å². The molecule has 84 valence electrons. The molecule has 0 saturated carbocycles. The predicted octanol–water partition coefficient (Wildman–Crippen LogP) is 2.63. The molecule has 2 nitrogen and oxygen atoms in total. The first-order chi connectivity index (χ1) is 7.08. The van der Waals surface area contributed by atoms with Crippen LogP contribution in [0.5, 0.6) is 5.75 Å². The zero-order chi connectivity index (χ0) is 11.4. The van der Waals surface area contributed by atoms with E-state index in [0.717, 1.165) is 0 Å². The molecule has 0 amide bonds. The summed E-state index contributed by atoms with van der Waals surface area (Å²) in [6.45, 7) is 0.